The van der Waals surface area contributed by atoms with Crippen LogP contribution in [0, 0.1) is 0 Å². The second kappa shape index (κ2) is 4.92. The van der Waals surface area contributed by atoms with E-state index >= 15 is 0 Å². The lowest BCUT2D eigenvalue weighted by molar-refractivity contribution is -0.120. The van der Waals surface area contributed by atoms with Crippen LogP contribution in [-0.4, -0.2) is 29.5 Å². The number of aromatic amines is 1. The van der Waals surface area contributed by atoms with Crippen LogP contribution >= 0.6 is 15.9 Å². The topological polar surface area (TPSA) is 84.2 Å². The van der Waals surface area contributed by atoms with Gasteiger partial charge in [0.2, 0.25) is 0 Å². The summed E-state index contributed by atoms with van der Waals surface area (Å²) in [5.74, 6) is 1.26. The number of nitrogens with one attached hydrogen (secondary N) is 1. The number of fused-ring (bicyclic) bond motifs is 1. The summed E-state index contributed by atoms with van der Waals surface area (Å²) in [7, 11) is 1.72. The van der Waals surface area contributed by atoms with Gasteiger partial charge in [0.05, 0.1) is 17.9 Å². The van der Waals surface area contributed by atoms with Crippen molar-refractivity contribution >= 4 is 27.5 Å². The van der Waals surface area contributed by atoms with E-state index in [1.807, 2.05) is 18.2 Å². The zero-order valence-corrected chi connectivity index (χ0v) is 12.3. The fourth-order valence-corrected chi connectivity index (χ4v) is 2.42. The van der Waals surface area contributed by atoms with Crippen LogP contribution in [0.2, 0.25) is 0 Å². The lowest BCUT2D eigenvalue weighted by Gasteiger charge is -2.26. The number of ether oxygens (including phenoxy) is 1. The van der Waals surface area contributed by atoms with Crippen LogP contribution in [0.3, 0.4) is 0 Å². The summed E-state index contributed by atoms with van der Waals surface area (Å²) < 4.78 is 6.16. The standard InChI is InChI=1S/C13H13BrN4O2/c1-18-8-4-7(2-3-9(8)20-6-11(18)19)12(15)13-16-5-10(14)17-13/h2-5,12H,6,15H2,1H3,(H,16,17). The number of nitrogens with zero attached hydrogens (tertiary/aromatic N) is 2. The molecule has 2 heterocycles. The van der Waals surface area contributed by atoms with Gasteiger partial charge in [0.15, 0.2) is 6.61 Å². The van der Waals surface area contributed by atoms with Gasteiger partial charge in [-0.1, -0.05) is 6.07 Å². The van der Waals surface area contributed by atoms with Gasteiger partial charge in [-0.25, -0.2) is 4.98 Å². The van der Waals surface area contributed by atoms with E-state index in [0.29, 0.717) is 11.6 Å². The van der Waals surface area contributed by atoms with Gasteiger partial charge in [-0.3, -0.25) is 4.79 Å². The summed E-state index contributed by atoms with van der Waals surface area (Å²) in [6.07, 6.45) is 1.66. The summed E-state index contributed by atoms with van der Waals surface area (Å²) in [6, 6.07) is 5.17. The van der Waals surface area contributed by atoms with Crippen LogP contribution in [0.25, 0.3) is 0 Å². The molecule has 1 atom stereocenters. The number of rotatable bonds is 2. The van der Waals surface area contributed by atoms with Gasteiger partial charge in [-0.2, -0.15) is 0 Å². The van der Waals surface area contributed by atoms with E-state index in [1.54, 1.807) is 18.1 Å². The number of carbonyl (C=O) groups excluding carboxylic acids is 1. The van der Waals surface area contributed by atoms with E-state index in [4.69, 9.17) is 10.5 Å². The zero-order chi connectivity index (χ0) is 14.3. The maximum atomic E-state index is 11.7. The first-order chi connectivity index (χ1) is 9.56. The number of hydrogen-bond donors (Lipinski definition) is 2. The van der Waals surface area contributed by atoms with E-state index in [-0.39, 0.29) is 12.5 Å². The molecular formula is C13H13BrN4O2. The van der Waals surface area contributed by atoms with Crippen molar-refractivity contribution in [1.82, 2.24) is 9.97 Å². The van der Waals surface area contributed by atoms with Crippen molar-refractivity contribution in [2.45, 2.75) is 6.04 Å². The largest absolute Gasteiger partial charge is 0.482 e. The number of hydrogen-bond acceptors (Lipinski definition) is 4. The minimum absolute atomic E-state index is 0.0695. The molecule has 0 spiro atoms. The molecule has 0 saturated carbocycles. The average Bonchev–Trinajstić information content (AvgIpc) is 2.88. The number of halogens is 1. The van der Waals surface area contributed by atoms with Crippen molar-refractivity contribution in [3.63, 3.8) is 0 Å². The summed E-state index contributed by atoms with van der Waals surface area (Å²) >= 11 is 3.30. The first-order valence-electron chi connectivity index (χ1n) is 6.05. The molecule has 3 N–H and O–H groups in total. The number of benzene rings is 1. The predicted octanol–water partition coefficient (Wildman–Crippen LogP) is 1.58. The predicted molar refractivity (Wildman–Crippen MR) is 77.7 cm³/mol. The van der Waals surface area contributed by atoms with Gasteiger partial charge in [0, 0.05) is 7.05 Å². The molecule has 0 bridgehead atoms. The molecular weight excluding hydrogens is 324 g/mol. The van der Waals surface area contributed by atoms with E-state index in [1.165, 1.54) is 0 Å². The molecule has 0 fully saturated rings. The first-order valence-corrected chi connectivity index (χ1v) is 6.85. The van der Waals surface area contributed by atoms with Gasteiger partial charge >= 0.3 is 0 Å². The monoisotopic (exact) mass is 336 g/mol. The Kier molecular flexibility index (Phi) is 3.23. The smallest absolute Gasteiger partial charge is 0.264 e. The number of anilines is 1. The highest BCUT2D eigenvalue weighted by Gasteiger charge is 2.24. The molecule has 3 rings (SSSR count). The molecule has 1 unspecified atom stereocenters. The second-order valence-electron chi connectivity index (χ2n) is 4.56. The molecule has 0 radical (unpaired) electrons. The number of carbonyl (C=O) groups is 1. The number of imidazole rings is 1. The molecule has 0 saturated heterocycles. The minimum Gasteiger partial charge on any atom is -0.482 e. The Hall–Kier alpha value is -1.86. The first kappa shape index (κ1) is 13.1. The highest BCUT2D eigenvalue weighted by Crippen LogP contribution is 2.34. The molecule has 2 aromatic rings. The maximum absolute atomic E-state index is 11.7. The SMILES string of the molecule is CN1C(=O)COc2ccc(C(N)c3ncc(Br)[nH]3)cc21. The van der Waals surface area contributed by atoms with Crippen molar-refractivity contribution in [3.05, 3.63) is 40.4 Å². The third kappa shape index (κ3) is 2.19. The molecule has 7 heteroatoms. The highest BCUT2D eigenvalue weighted by atomic mass is 79.9. The third-order valence-corrected chi connectivity index (χ3v) is 3.69. The lowest BCUT2D eigenvalue weighted by atomic mass is 10.0. The molecule has 1 amide bonds. The van der Waals surface area contributed by atoms with E-state index in [0.717, 1.165) is 15.9 Å². The second-order valence-corrected chi connectivity index (χ2v) is 5.42. The van der Waals surface area contributed by atoms with Gasteiger partial charge in [0.1, 0.15) is 16.2 Å². The van der Waals surface area contributed by atoms with Crippen molar-refractivity contribution in [1.29, 1.82) is 0 Å². The van der Waals surface area contributed by atoms with Crippen LogP contribution in [0.4, 0.5) is 5.69 Å². The van der Waals surface area contributed by atoms with Crippen LogP contribution in [0.1, 0.15) is 17.4 Å². The molecule has 104 valence electrons. The fourth-order valence-electron chi connectivity index (χ4n) is 2.11. The summed E-state index contributed by atoms with van der Waals surface area (Å²) in [5, 5.41) is 0. The average molecular weight is 337 g/mol. The normalized spacial score (nSPS) is 15.8. The van der Waals surface area contributed by atoms with Gasteiger partial charge in [-0.15, -0.1) is 0 Å². The van der Waals surface area contributed by atoms with Crippen molar-refractivity contribution in [2.24, 2.45) is 5.73 Å². The number of nitrogens with two attached hydrogens (primary N) is 1. The number of H-pyrrole nitrogens is 1. The Bertz CT molecular complexity index is 670. The molecule has 20 heavy (non-hydrogen) atoms. The quantitative estimate of drug-likeness (QED) is 0.871. The number of likely N-dealkylation sites (N-methyl/N-ethyl adjacent to an activating group) is 1. The highest BCUT2D eigenvalue weighted by molar-refractivity contribution is 9.10. The Labute approximate surface area is 124 Å². The van der Waals surface area contributed by atoms with Crippen LogP contribution < -0.4 is 15.4 Å². The Morgan fingerprint density at radius 2 is 2.35 bits per heavy atom. The Balaban J connectivity index is 1.97. The number of amides is 1. The Morgan fingerprint density at radius 3 is 3.05 bits per heavy atom. The van der Waals surface area contributed by atoms with Crippen LogP contribution in [-0.2, 0) is 4.79 Å². The molecule has 0 aliphatic carbocycles. The zero-order valence-electron chi connectivity index (χ0n) is 10.8. The molecule has 6 nitrogen and oxygen atoms in total. The minimum atomic E-state index is -0.392. The van der Waals surface area contributed by atoms with E-state index in [9.17, 15) is 4.79 Å². The molecule has 1 aromatic carbocycles. The third-order valence-electron chi connectivity index (χ3n) is 3.29. The van der Waals surface area contributed by atoms with Gasteiger partial charge < -0.3 is 20.4 Å². The van der Waals surface area contributed by atoms with E-state index < -0.39 is 6.04 Å². The Morgan fingerprint density at radius 1 is 1.55 bits per heavy atom. The van der Waals surface area contributed by atoms with Crippen molar-refractivity contribution < 1.29 is 9.53 Å². The van der Waals surface area contributed by atoms with Crippen molar-refractivity contribution in [3.8, 4) is 5.75 Å². The summed E-state index contributed by atoms with van der Waals surface area (Å²) in [4.78, 5) is 20.5. The van der Waals surface area contributed by atoms with Gasteiger partial charge in [-0.05, 0) is 33.6 Å². The van der Waals surface area contributed by atoms with Crippen LogP contribution in [0.5, 0.6) is 5.75 Å². The summed E-state index contributed by atoms with van der Waals surface area (Å²) in [6.45, 7) is 0.0695. The number of aromatic nitrogens is 2. The molecule has 1 aromatic heterocycles. The molecule has 1 aliphatic rings. The van der Waals surface area contributed by atoms with Gasteiger partial charge in [0.25, 0.3) is 5.91 Å². The summed E-state index contributed by atoms with van der Waals surface area (Å²) in [5.41, 5.74) is 7.76. The fraction of sp³-hybridized carbons (Fsp3) is 0.231. The van der Waals surface area contributed by atoms with E-state index in [2.05, 4.69) is 25.9 Å². The molecule has 1 aliphatic heterocycles. The van der Waals surface area contributed by atoms with Crippen LogP contribution in [0.15, 0.2) is 29.0 Å². The lowest BCUT2D eigenvalue weighted by Crippen LogP contribution is -2.35. The maximum Gasteiger partial charge on any atom is 0.264 e. The van der Waals surface area contributed by atoms with Crippen molar-refractivity contribution in [2.75, 3.05) is 18.6 Å².